The molecule has 23 heavy (non-hydrogen) atoms. The van der Waals surface area contributed by atoms with Crippen LogP contribution in [0.25, 0.3) is 0 Å². The van der Waals surface area contributed by atoms with Crippen molar-refractivity contribution in [2.24, 2.45) is 5.92 Å². The summed E-state index contributed by atoms with van der Waals surface area (Å²) in [5, 5.41) is 0. The zero-order valence-electron chi connectivity index (χ0n) is 14.9. The van der Waals surface area contributed by atoms with Crippen LogP contribution in [0, 0.1) is 5.92 Å². The van der Waals surface area contributed by atoms with Crippen molar-refractivity contribution in [3.8, 4) is 5.75 Å². The Morgan fingerprint density at radius 3 is 2.39 bits per heavy atom. The van der Waals surface area contributed by atoms with Gasteiger partial charge in [0.1, 0.15) is 11.4 Å². The van der Waals surface area contributed by atoms with Crippen LogP contribution < -0.4 is 4.74 Å². The minimum absolute atomic E-state index is 0.0289. The van der Waals surface area contributed by atoms with Crippen molar-refractivity contribution in [3.63, 3.8) is 0 Å². The molecule has 1 aliphatic carbocycles. The van der Waals surface area contributed by atoms with Crippen LogP contribution in [-0.4, -0.2) is 18.2 Å². The van der Waals surface area contributed by atoms with Crippen LogP contribution in [0.2, 0.25) is 0 Å². The Morgan fingerprint density at radius 2 is 1.83 bits per heavy atom. The number of benzene rings is 1. The van der Waals surface area contributed by atoms with Gasteiger partial charge in [-0.3, -0.25) is 0 Å². The summed E-state index contributed by atoms with van der Waals surface area (Å²) < 4.78 is 11.2. The Hall–Kier alpha value is -1.51. The van der Waals surface area contributed by atoms with Crippen LogP contribution in [0.4, 0.5) is 0 Å². The van der Waals surface area contributed by atoms with Gasteiger partial charge in [-0.05, 0) is 62.6 Å². The van der Waals surface area contributed by atoms with Gasteiger partial charge >= 0.3 is 5.97 Å². The second-order valence-corrected chi connectivity index (χ2v) is 7.23. The van der Waals surface area contributed by atoms with Crippen molar-refractivity contribution in [1.82, 2.24) is 0 Å². The predicted molar refractivity (Wildman–Crippen MR) is 92.8 cm³/mol. The highest BCUT2D eigenvalue weighted by molar-refractivity contribution is 5.71. The van der Waals surface area contributed by atoms with E-state index in [0.29, 0.717) is 17.6 Å². The summed E-state index contributed by atoms with van der Waals surface area (Å²) in [6.45, 7) is 8.39. The summed E-state index contributed by atoms with van der Waals surface area (Å²) >= 11 is 0. The lowest BCUT2D eigenvalue weighted by Crippen LogP contribution is -2.37. The first kappa shape index (κ1) is 17.8. The first-order valence-corrected chi connectivity index (χ1v) is 8.87. The Kier molecular flexibility index (Phi) is 6.09. The maximum absolute atomic E-state index is 12.1. The van der Waals surface area contributed by atoms with Gasteiger partial charge in [0.25, 0.3) is 0 Å². The fourth-order valence-corrected chi connectivity index (χ4v) is 3.30. The standard InChI is InChI=1S/C20H30O3/c1-5-15(2)16-10-12-18(13-11-16)22-14-19(21)23-20(3,4)17-8-6-7-9-17/h10-13,15,17H,5-9,14H2,1-4H3. The van der Waals surface area contributed by atoms with E-state index in [4.69, 9.17) is 9.47 Å². The van der Waals surface area contributed by atoms with E-state index in [1.807, 2.05) is 26.0 Å². The second kappa shape index (κ2) is 7.85. The molecule has 128 valence electrons. The van der Waals surface area contributed by atoms with E-state index in [1.54, 1.807) is 0 Å². The third kappa shape index (κ3) is 4.98. The molecule has 1 aliphatic rings. The van der Waals surface area contributed by atoms with E-state index in [1.165, 1.54) is 18.4 Å². The molecular weight excluding hydrogens is 288 g/mol. The quantitative estimate of drug-likeness (QED) is 0.657. The van der Waals surface area contributed by atoms with Crippen LogP contribution in [0.3, 0.4) is 0 Å². The number of esters is 1. The lowest BCUT2D eigenvalue weighted by Gasteiger charge is -2.31. The van der Waals surface area contributed by atoms with Crippen LogP contribution in [0.15, 0.2) is 24.3 Å². The van der Waals surface area contributed by atoms with E-state index in [0.717, 1.165) is 19.3 Å². The SMILES string of the molecule is CCC(C)c1ccc(OCC(=O)OC(C)(C)C2CCCC2)cc1. The average Bonchev–Trinajstić information content (AvgIpc) is 3.07. The Labute approximate surface area is 140 Å². The van der Waals surface area contributed by atoms with Gasteiger partial charge in [-0.1, -0.05) is 38.8 Å². The Bertz CT molecular complexity index is 498. The highest BCUT2D eigenvalue weighted by Gasteiger charge is 2.35. The molecule has 1 aromatic rings. The minimum Gasteiger partial charge on any atom is -0.482 e. The van der Waals surface area contributed by atoms with E-state index in [9.17, 15) is 4.79 Å². The summed E-state index contributed by atoms with van der Waals surface area (Å²) in [5.41, 5.74) is 0.905. The first-order chi connectivity index (χ1) is 10.9. The van der Waals surface area contributed by atoms with Gasteiger partial charge in [-0.2, -0.15) is 0 Å². The number of carbonyl (C=O) groups excluding carboxylic acids is 1. The topological polar surface area (TPSA) is 35.5 Å². The second-order valence-electron chi connectivity index (χ2n) is 7.23. The molecule has 3 heteroatoms. The molecular formula is C20H30O3. The molecule has 2 rings (SSSR count). The van der Waals surface area contributed by atoms with Crippen LogP contribution in [0.5, 0.6) is 5.75 Å². The highest BCUT2D eigenvalue weighted by Crippen LogP contribution is 2.36. The molecule has 0 heterocycles. The van der Waals surface area contributed by atoms with Crippen molar-refractivity contribution in [1.29, 1.82) is 0 Å². The van der Waals surface area contributed by atoms with Crippen molar-refractivity contribution in [2.45, 2.75) is 71.3 Å². The summed E-state index contributed by atoms with van der Waals surface area (Å²) in [5.74, 6) is 1.45. The fraction of sp³-hybridized carbons (Fsp3) is 0.650. The van der Waals surface area contributed by atoms with E-state index in [-0.39, 0.29) is 12.6 Å². The van der Waals surface area contributed by atoms with Gasteiger partial charge in [0.2, 0.25) is 0 Å². The summed E-state index contributed by atoms with van der Waals surface area (Å²) in [7, 11) is 0. The fourth-order valence-electron chi connectivity index (χ4n) is 3.30. The molecule has 0 bridgehead atoms. The van der Waals surface area contributed by atoms with Gasteiger partial charge in [0.05, 0.1) is 0 Å². The van der Waals surface area contributed by atoms with Crippen molar-refractivity contribution < 1.29 is 14.3 Å². The van der Waals surface area contributed by atoms with Crippen molar-refractivity contribution in [2.75, 3.05) is 6.61 Å². The zero-order chi connectivity index (χ0) is 16.9. The Balaban J connectivity index is 1.82. The average molecular weight is 318 g/mol. The summed E-state index contributed by atoms with van der Waals surface area (Å²) in [6.07, 6.45) is 5.90. The molecule has 0 radical (unpaired) electrons. The van der Waals surface area contributed by atoms with Gasteiger partial charge in [-0.25, -0.2) is 4.79 Å². The molecule has 0 amide bonds. The smallest absolute Gasteiger partial charge is 0.344 e. The molecule has 1 unspecified atom stereocenters. The van der Waals surface area contributed by atoms with Gasteiger partial charge in [0, 0.05) is 0 Å². The lowest BCUT2D eigenvalue weighted by molar-refractivity contribution is -0.163. The van der Waals surface area contributed by atoms with E-state index >= 15 is 0 Å². The molecule has 0 aliphatic heterocycles. The van der Waals surface area contributed by atoms with E-state index < -0.39 is 5.60 Å². The lowest BCUT2D eigenvalue weighted by atomic mass is 9.89. The molecule has 1 fully saturated rings. The number of carbonyl (C=O) groups is 1. The molecule has 1 aromatic carbocycles. The van der Waals surface area contributed by atoms with Gasteiger partial charge < -0.3 is 9.47 Å². The van der Waals surface area contributed by atoms with E-state index in [2.05, 4.69) is 26.0 Å². The largest absolute Gasteiger partial charge is 0.482 e. The first-order valence-electron chi connectivity index (χ1n) is 8.87. The zero-order valence-corrected chi connectivity index (χ0v) is 14.9. The highest BCUT2D eigenvalue weighted by atomic mass is 16.6. The predicted octanol–water partition coefficient (Wildman–Crippen LogP) is 5.09. The third-order valence-electron chi connectivity index (χ3n) is 5.13. The number of ether oxygens (including phenoxy) is 2. The summed E-state index contributed by atoms with van der Waals surface area (Å²) in [4.78, 5) is 12.1. The molecule has 0 N–H and O–H groups in total. The van der Waals surface area contributed by atoms with Gasteiger partial charge in [-0.15, -0.1) is 0 Å². The molecule has 0 spiro atoms. The maximum atomic E-state index is 12.1. The van der Waals surface area contributed by atoms with Crippen molar-refractivity contribution >= 4 is 5.97 Å². The van der Waals surface area contributed by atoms with Crippen molar-refractivity contribution in [3.05, 3.63) is 29.8 Å². The Morgan fingerprint density at radius 1 is 1.22 bits per heavy atom. The summed E-state index contributed by atoms with van der Waals surface area (Å²) in [6, 6.07) is 7.99. The molecule has 1 saturated carbocycles. The molecule has 1 atom stereocenters. The third-order valence-corrected chi connectivity index (χ3v) is 5.13. The number of hydrogen-bond acceptors (Lipinski definition) is 3. The van der Waals surface area contributed by atoms with Gasteiger partial charge in [0.15, 0.2) is 6.61 Å². The van der Waals surface area contributed by atoms with Crippen LogP contribution >= 0.6 is 0 Å². The molecule has 0 saturated heterocycles. The molecule has 0 aromatic heterocycles. The number of rotatable bonds is 7. The van der Waals surface area contributed by atoms with Crippen LogP contribution in [0.1, 0.15) is 71.3 Å². The van der Waals surface area contributed by atoms with Crippen LogP contribution in [-0.2, 0) is 9.53 Å². The maximum Gasteiger partial charge on any atom is 0.344 e. The molecule has 3 nitrogen and oxygen atoms in total. The normalized spacial score (nSPS) is 17.0. The number of hydrogen-bond donors (Lipinski definition) is 0. The minimum atomic E-state index is -0.392. The monoisotopic (exact) mass is 318 g/mol.